The normalized spacial score (nSPS) is 24.8. The third kappa shape index (κ3) is 5.25. The number of hydrazine groups is 1. The molecule has 0 fully saturated rings. The van der Waals surface area contributed by atoms with Gasteiger partial charge in [-0.2, -0.15) is 0 Å². The van der Waals surface area contributed by atoms with Crippen molar-refractivity contribution in [3.63, 3.8) is 0 Å². The fraction of sp³-hybridized carbons (Fsp3) is 0.621. The van der Waals surface area contributed by atoms with Crippen LogP contribution in [0.25, 0.3) is 0 Å². The standard InChI is InChI=1S/C29H44N2O6S/c1-24(2,3)20-18-28(26(7,8)9)36-22(25(4,5)6)21(29(35-20,37-28)27(10,11)12)23(32)30-31-38(33,34)19-16-14-13-15-17-19/h13-18,31H,1-12H3,(H,30,32). The van der Waals surface area contributed by atoms with E-state index < -0.39 is 49.2 Å². The predicted octanol–water partition coefficient (Wildman–Crippen LogP) is 5.79. The molecule has 0 aromatic heterocycles. The largest absolute Gasteiger partial charge is 0.461 e. The molecule has 9 heteroatoms. The molecule has 1 aromatic rings. The Kier molecular flexibility index (Phi) is 7.23. The molecule has 3 rings (SSSR count). The lowest BCUT2D eigenvalue weighted by molar-refractivity contribution is -0.399. The lowest BCUT2D eigenvalue weighted by atomic mass is 9.72. The first-order valence-corrected chi connectivity index (χ1v) is 14.4. The van der Waals surface area contributed by atoms with Gasteiger partial charge in [0.25, 0.3) is 21.7 Å². The SMILES string of the molecule is CC(C)(C)C1=CC2(C(C)(C)C)OC(C(C)(C)C)=C(C(=O)NNS(=O)(=O)c3ccccc3)C(C(C)(C)C)(O1)O2. The average Bonchev–Trinajstić information content (AvgIpc) is 2.75. The van der Waals surface area contributed by atoms with Gasteiger partial charge in [0, 0.05) is 27.7 Å². The predicted molar refractivity (Wildman–Crippen MR) is 147 cm³/mol. The van der Waals surface area contributed by atoms with Crippen LogP contribution in [-0.4, -0.2) is 25.9 Å². The number of allylic oxidation sites excluding steroid dienone is 2. The van der Waals surface area contributed by atoms with E-state index in [1.54, 1.807) is 18.2 Å². The summed E-state index contributed by atoms with van der Waals surface area (Å²) in [6, 6.07) is 7.82. The van der Waals surface area contributed by atoms with E-state index in [0.717, 1.165) is 0 Å². The van der Waals surface area contributed by atoms with Gasteiger partial charge in [-0.15, -0.1) is 4.83 Å². The van der Waals surface area contributed by atoms with Crippen molar-refractivity contribution in [3.05, 3.63) is 53.5 Å². The summed E-state index contributed by atoms with van der Waals surface area (Å²) in [5, 5.41) is 0. The van der Waals surface area contributed by atoms with E-state index in [4.69, 9.17) is 14.2 Å². The summed E-state index contributed by atoms with van der Waals surface area (Å²) in [7, 11) is -4.03. The van der Waals surface area contributed by atoms with Crippen molar-refractivity contribution in [2.45, 2.75) is 99.6 Å². The van der Waals surface area contributed by atoms with Crippen molar-refractivity contribution in [1.29, 1.82) is 0 Å². The van der Waals surface area contributed by atoms with Gasteiger partial charge in [0.1, 0.15) is 17.1 Å². The van der Waals surface area contributed by atoms with Gasteiger partial charge in [0.15, 0.2) is 0 Å². The second-order valence-electron chi connectivity index (χ2n) is 14.2. The number of ether oxygens (including phenoxy) is 3. The molecule has 0 saturated heterocycles. The Morgan fingerprint density at radius 3 is 1.79 bits per heavy atom. The number of nitrogens with one attached hydrogen (secondary N) is 2. The van der Waals surface area contributed by atoms with Crippen molar-refractivity contribution in [2.24, 2.45) is 21.7 Å². The molecular formula is C29H44N2O6S. The molecular weight excluding hydrogens is 504 g/mol. The van der Waals surface area contributed by atoms with Crippen LogP contribution in [0.3, 0.4) is 0 Å². The summed E-state index contributed by atoms with van der Waals surface area (Å²) in [5.41, 5.74) is 0.0642. The first-order valence-electron chi connectivity index (χ1n) is 12.9. The number of benzene rings is 1. The molecule has 0 radical (unpaired) electrons. The molecule has 2 aliphatic rings. The first kappa shape index (κ1) is 30.2. The number of carbonyl (C=O) groups is 1. The minimum atomic E-state index is -4.03. The fourth-order valence-electron chi connectivity index (χ4n) is 4.31. The average molecular weight is 549 g/mol. The molecule has 8 nitrogen and oxygen atoms in total. The van der Waals surface area contributed by atoms with Gasteiger partial charge < -0.3 is 9.47 Å². The zero-order valence-electron chi connectivity index (χ0n) is 24.8. The Morgan fingerprint density at radius 2 is 1.34 bits per heavy atom. The van der Waals surface area contributed by atoms with E-state index in [1.807, 2.05) is 89.2 Å². The maximum absolute atomic E-state index is 14.0. The van der Waals surface area contributed by atoms with E-state index in [-0.39, 0.29) is 10.5 Å². The van der Waals surface area contributed by atoms with Gasteiger partial charge in [-0.25, -0.2) is 8.42 Å². The van der Waals surface area contributed by atoms with Crippen LogP contribution >= 0.6 is 0 Å². The number of carbonyl (C=O) groups excluding carboxylic acids is 1. The smallest absolute Gasteiger partial charge is 0.272 e. The summed E-state index contributed by atoms with van der Waals surface area (Å²) in [4.78, 5) is 16.3. The lowest BCUT2D eigenvalue weighted by Crippen LogP contribution is -2.67. The molecule has 2 aliphatic heterocycles. The van der Waals surface area contributed by atoms with Gasteiger partial charge in [0.2, 0.25) is 5.79 Å². The van der Waals surface area contributed by atoms with Crippen molar-refractivity contribution in [2.75, 3.05) is 0 Å². The molecule has 2 atom stereocenters. The summed E-state index contributed by atoms with van der Waals surface area (Å²) < 4.78 is 46.1. The highest BCUT2D eigenvalue weighted by atomic mass is 32.2. The highest BCUT2D eigenvalue weighted by molar-refractivity contribution is 7.89. The summed E-state index contributed by atoms with van der Waals surface area (Å²) in [5.74, 6) is -2.58. The molecule has 2 heterocycles. The molecule has 0 spiro atoms. The van der Waals surface area contributed by atoms with Crippen LogP contribution in [0.2, 0.25) is 0 Å². The van der Waals surface area contributed by atoms with Gasteiger partial charge >= 0.3 is 0 Å². The molecule has 2 unspecified atom stereocenters. The zero-order chi connectivity index (χ0) is 29.2. The topological polar surface area (TPSA) is 103 Å². The Labute approximate surface area is 228 Å². The second kappa shape index (κ2) is 9.10. The van der Waals surface area contributed by atoms with Gasteiger partial charge in [-0.1, -0.05) is 101 Å². The maximum Gasteiger partial charge on any atom is 0.272 e. The van der Waals surface area contributed by atoms with Crippen molar-refractivity contribution in [1.82, 2.24) is 10.3 Å². The van der Waals surface area contributed by atoms with Crippen LogP contribution in [-0.2, 0) is 29.0 Å². The second-order valence-corrected chi connectivity index (χ2v) is 15.9. The summed E-state index contributed by atoms with van der Waals surface area (Å²) >= 11 is 0. The number of amides is 1. The Balaban J connectivity index is 2.26. The van der Waals surface area contributed by atoms with Crippen LogP contribution in [0.15, 0.2) is 58.4 Å². The quantitative estimate of drug-likeness (QED) is 0.462. The Hall–Kier alpha value is -2.36. The number of hydrogen-bond donors (Lipinski definition) is 2. The molecule has 0 aliphatic carbocycles. The van der Waals surface area contributed by atoms with Crippen LogP contribution < -0.4 is 10.3 Å². The third-order valence-corrected chi connectivity index (χ3v) is 7.98. The minimum absolute atomic E-state index is 0.0191. The molecule has 1 amide bonds. The van der Waals surface area contributed by atoms with Crippen LogP contribution in [0.5, 0.6) is 0 Å². The molecule has 2 N–H and O–H groups in total. The number of hydrogen-bond acceptors (Lipinski definition) is 6. The van der Waals surface area contributed by atoms with Gasteiger partial charge in [-0.05, 0) is 12.1 Å². The third-order valence-electron chi connectivity index (χ3n) is 6.71. The van der Waals surface area contributed by atoms with Crippen molar-refractivity contribution < 1.29 is 27.4 Å². The summed E-state index contributed by atoms with van der Waals surface area (Å²) in [6.07, 6.45) is 1.88. The van der Waals surface area contributed by atoms with Crippen molar-refractivity contribution in [3.8, 4) is 0 Å². The highest BCUT2D eigenvalue weighted by Crippen LogP contribution is 2.60. The lowest BCUT2D eigenvalue weighted by Gasteiger charge is -2.60. The van der Waals surface area contributed by atoms with Crippen molar-refractivity contribution >= 4 is 15.9 Å². The van der Waals surface area contributed by atoms with E-state index in [1.165, 1.54) is 12.1 Å². The number of sulfonamides is 1. The number of rotatable bonds is 4. The van der Waals surface area contributed by atoms with Crippen LogP contribution in [0.1, 0.15) is 83.1 Å². The fourth-order valence-corrected chi connectivity index (χ4v) is 5.17. The molecule has 212 valence electrons. The van der Waals surface area contributed by atoms with Crippen LogP contribution in [0.4, 0.5) is 0 Å². The zero-order valence-corrected chi connectivity index (χ0v) is 25.6. The monoisotopic (exact) mass is 548 g/mol. The minimum Gasteiger partial charge on any atom is -0.461 e. The molecule has 0 saturated carbocycles. The maximum atomic E-state index is 14.0. The van der Waals surface area contributed by atoms with E-state index in [9.17, 15) is 13.2 Å². The molecule has 2 bridgehead atoms. The van der Waals surface area contributed by atoms with Crippen LogP contribution in [0, 0.1) is 21.7 Å². The number of fused-ring (bicyclic) bond motifs is 2. The van der Waals surface area contributed by atoms with E-state index in [2.05, 4.69) is 10.3 Å². The van der Waals surface area contributed by atoms with Gasteiger partial charge in [0.05, 0.1) is 4.90 Å². The Bertz CT molecular complexity index is 1260. The molecule has 38 heavy (non-hydrogen) atoms. The highest BCUT2D eigenvalue weighted by Gasteiger charge is 2.67. The van der Waals surface area contributed by atoms with E-state index >= 15 is 0 Å². The van der Waals surface area contributed by atoms with E-state index in [0.29, 0.717) is 11.5 Å². The Morgan fingerprint density at radius 1 is 0.789 bits per heavy atom. The first-order chi connectivity index (χ1) is 17.0. The molecule has 1 aromatic carbocycles. The van der Waals surface area contributed by atoms with Gasteiger partial charge in [-0.3, -0.25) is 15.0 Å². The summed E-state index contributed by atoms with van der Waals surface area (Å²) in [6.45, 7) is 23.7.